The topological polar surface area (TPSA) is 67.9 Å². The van der Waals surface area contributed by atoms with Gasteiger partial charge >= 0.3 is 12.0 Å². The van der Waals surface area contributed by atoms with E-state index >= 15 is 0 Å². The smallest absolute Gasteiger partial charge is 0.429 e. The van der Waals surface area contributed by atoms with Crippen molar-refractivity contribution in [2.75, 3.05) is 20.3 Å². The molecular formula is C12H20N2O4. The third-order valence-electron chi connectivity index (χ3n) is 1.61. The van der Waals surface area contributed by atoms with Gasteiger partial charge in [-0.3, -0.25) is 10.2 Å². The minimum absolute atomic E-state index is 0.183. The van der Waals surface area contributed by atoms with E-state index in [2.05, 4.69) is 17.3 Å². The fourth-order valence-electron chi connectivity index (χ4n) is 0.956. The maximum absolute atomic E-state index is 11.8. The Morgan fingerprint density at radius 1 is 1.33 bits per heavy atom. The minimum atomic E-state index is -0.647. The zero-order valence-corrected chi connectivity index (χ0v) is 11.5. The molecule has 0 aromatic heterocycles. The van der Waals surface area contributed by atoms with Gasteiger partial charge in [0.1, 0.15) is 5.60 Å². The molecule has 102 valence electrons. The predicted molar refractivity (Wildman–Crippen MR) is 66.4 cm³/mol. The molecule has 0 atom stereocenters. The molecule has 0 saturated heterocycles. The van der Waals surface area contributed by atoms with E-state index in [-0.39, 0.29) is 13.2 Å². The van der Waals surface area contributed by atoms with E-state index < -0.39 is 17.6 Å². The van der Waals surface area contributed by atoms with Crippen LogP contribution in [-0.4, -0.2) is 42.9 Å². The molecule has 0 fully saturated rings. The number of ether oxygens (including phenoxy) is 2. The Bertz CT molecular complexity index is 349. The maximum atomic E-state index is 11.8. The molecule has 0 heterocycles. The zero-order valence-electron chi connectivity index (χ0n) is 11.5. The fourth-order valence-corrected chi connectivity index (χ4v) is 0.956. The van der Waals surface area contributed by atoms with Crippen LogP contribution in [0.4, 0.5) is 4.79 Å². The van der Waals surface area contributed by atoms with Crippen molar-refractivity contribution in [2.45, 2.75) is 33.3 Å². The number of hydrogen-bond acceptors (Lipinski definition) is 4. The molecule has 18 heavy (non-hydrogen) atoms. The normalized spacial score (nSPS) is 10.1. The van der Waals surface area contributed by atoms with Crippen molar-refractivity contribution < 1.29 is 19.1 Å². The number of hydrazine groups is 1. The first kappa shape index (κ1) is 16.3. The van der Waals surface area contributed by atoms with Crippen molar-refractivity contribution >= 4 is 12.0 Å². The molecule has 0 aliphatic heterocycles. The van der Waals surface area contributed by atoms with E-state index in [1.807, 2.05) is 0 Å². The summed E-state index contributed by atoms with van der Waals surface area (Å²) in [5, 5.41) is 1.04. The Balaban J connectivity index is 4.59. The summed E-state index contributed by atoms with van der Waals surface area (Å²) in [5.41, 5.74) is 1.71. The van der Waals surface area contributed by atoms with Gasteiger partial charge in [0.05, 0.1) is 13.2 Å². The second-order valence-electron chi connectivity index (χ2n) is 4.44. The quantitative estimate of drug-likeness (QED) is 0.602. The van der Waals surface area contributed by atoms with Gasteiger partial charge in [-0.05, 0) is 33.6 Å². The summed E-state index contributed by atoms with van der Waals surface area (Å²) in [5.74, 6) is 4.15. The van der Waals surface area contributed by atoms with Crippen LogP contribution in [0.3, 0.4) is 0 Å². The average Bonchev–Trinajstić information content (AvgIpc) is 2.21. The molecule has 6 nitrogen and oxygen atoms in total. The number of nitrogens with zero attached hydrogens (tertiary/aromatic N) is 1. The second-order valence-corrected chi connectivity index (χ2v) is 4.44. The standard InChI is InChI=1S/C12H20N2O4/c1-6-7-10(15)13-14(8-9-17-5)11(16)18-12(2,3)4/h8-9H2,1-5H3,(H,13,15). The van der Waals surface area contributed by atoms with E-state index in [1.165, 1.54) is 14.0 Å². The van der Waals surface area contributed by atoms with Crippen LogP contribution in [0.2, 0.25) is 0 Å². The Morgan fingerprint density at radius 3 is 2.39 bits per heavy atom. The highest BCUT2D eigenvalue weighted by molar-refractivity contribution is 5.94. The van der Waals surface area contributed by atoms with Gasteiger partial charge in [-0.1, -0.05) is 5.92 Å². The van der Waals surface area contributed by atoms with Gasteiger partial charge < -0.3 is 9.47 Å². The number of carbonyl (C=O) groups is 2. The molecule has 0 rings (SSSR count). The second kappa shape index (κ2) is 7.56. The molecule has 0 radical (unpaired) electrons. The average molecular weight is 256 g/mol. The van der Waals surface area contributed by atoms with Gasteiger partial charge in [-0.2, -0.15) is 0 Å². The molecular weight excluding hydrogens is 236 g/mol. The Morgan fingerprint density at radius 2 is 1.94 bits per heavy atom. The van der Waals surface area contributed by atoms with Crippen molar-refractivity contribution in [3.63, 3.8) is 0 Å². The Kier molecular flexibility index (Phi) is 6.83. The third-order valence-corrected chi connectivity index (χ3v) is 1.61. The molecule has 1 N–H and O–H groups in total. The maximum Gasteiger partial charge on any atom is 0.429 e. The van der Waals surface area contributed by atoms with Gasteiger partial charge in [-0.15, -0.1) is 0 Å². The number of nitrogens with one attached hydrogen (secondary N) is 1. The highest BCUT2D eigenvalue weighted by Crippen LogP contribution is 2.08. The number of carbonyl (C=O) groups excluding carboxylic acids is 2. The number of amides is 2. The molecule has 0 saturated carbocycles. The lowest BCUT2D eigenvalue weighted by atomic mass is 10.2. The summed E-state index contributed by atoms with van der Waals surface area (Å²) < 4.78 is 10.0. The fraction of sp³-hybridized carbons (Fsp3) is 0.667. The van der Waals surface area contributed by atoms with Gasteiger partial charge in [-0.25, -0.2) is 9.80 Å². The molecule has 0 aromatic carbocycles. The van der Waals surface area contributed by atoms with E-state index in [0.717, 1.165) is 5.01 Å². The van der Waals surface area contributed by atoms with Gasteiger partial charge in [0.15, 0.2) is 0 Å². The number of methoxy groups -OCH3 is 1. The molecule has 0 aliphatic rings. The first-order valence-corrected chi connectivity index (χ1v) is 5.53. The van der Waals surface area contributed by atoms with E-state index in [9.17, 15) is 9.59 Å². The van der Waals surface area contributed by atoms with E-state index in [1.54, 1.807) is 20.8 Å². The lowest BCUT2D eigenvalue weighted by Crippen LogP contribution is -2.49. The van der Waals surface area contributed by atoms with Crippen molar-refractivity contribution in [2.24, 2.45) is 0 Å². The Labute approximate surface area is 108 Å². The highest BCUT2D eigenvalue weighted by atomic mass is 16.6. The van der Waals surface area contributed by atoms with Crippen molar-refractivity contribution in [3.05, 3.63) is 0 Å². The summed E-state index contributed by atoms with van der Waals surface area (Å²) in [6.45, 7) is 7.22. The zero-order chi connectivity index (χ0) is 14.2. The molecule has 0 spiro atoms. The van der Waals surface area contributed by atoms with Gasteiger partial charge in [0.25, 0.3) is 0 Å². The van der Waals surface area contributed by atoms with Crippen molar-refractivity contribution in [3.8, 4) is 11.8 Å². The number of rotatable bonds is 3. The number of hydrogen-bond donors (Lipinski definition) is 1. The van der Waals surface area contributed by atoms with Crippen LogP contribution in [0.15, 0.2) is 0 Å². The lowest BCUT2D eigenvalue weighted by molar-refractivity contribution is -0.120. The van der Waals surface area contributed by atoms with Crippen LogP contribution in [0.25, 0.3) is 0 Å². The van der Waals surface area contributed by atoms with Crippen LogP contribution in [0.1, 0.15) is 27.7 Å². The largest absolute Gasteiger partial charge is 0.442 e. The van der Waals surface area contributed by atoms with Crippen LogP contribution in [0, 0.1) is 11.8 Å². The van der Waals surface area contributed by atoms with Crippen molar-refractivity contribution in [1.82, 2.24) is 10.4 Å². The SMILES string of the molecule is CC#CC(=O)NN(CCOC)C(=O)OC(C)(C)C. The summed E-state index contributed by atoms with van der Waals surface area (Å²) in [4.78, 5) is 23.1. The first-order chi connectivity index (χ1) is 8.30. The van der Waals surface area contributed by atoms with E-state index in [0.29, 0.717) is 0 Å². The lowest BCUT2D eigenvalue weighted by Gasteiger charge is -2.26. The third kappa shape index (κ3) is 7.52. The molecule has 0 bridgehead atoms. The van der Waals surface area contributed by atoms with Gasteiger partial charge in [0, 0.05) is 7.11 Å². The molecule has 2 amide bonds. The van der Waals surface area contributed by atoms with Crippen LogP contribution < -0.4 is 5.43 Å². The van der Waals surface area contributed by atoms with Crippen molar-refractivity contribution in [1.29, 1.82) is 0 Å². The summed E-state index contributed by atoms with van der Waals surface area (Å²) in [6.07, 6.45) is -0.647. The van der Waals surface area contributed by atoms with Crippen LogP contribution in [-0.2, 0) is 14.3 Å². The molecule has 0 aromatic rings. The van der Waals surface area contributed by atoms with Gasteiger partial charge in [0.2, 0.25) is 0 Å². The van der Waals surface area contributed by atoms with Crippen LogP contribution in [0.5, 0.6) is 0 Å². The first-order valence-electron chi connectivity index (χ1n) is 5.53. The van der Waals surface area contributed by atoms with Crippen LogP contribution >= 0.6 is 0 Å². The molecule has 6 heteroatoms. The Hall–Kier alpha value is -1.74. The summed E-state index contributed by atoms with van der Waals surface area (Å²) >= 11 is 0. The molecule has 0 unspecified atom stereocenters. The monoisotopic (exact) mass is 256 g/mol. The minimum Gasteiger partial charge on any atom is -0.442 e. The van der Waals surface area contributed by atoms with E-state index in [4.69, 9.17) is 9.47 Å². The predicted octanol–water partition coefficient (Wildman–Crippen LogP) is 0.924. The highest BCUT2D eigenvalue weighted by Gasteiger charge is 2.23. The molecule has 0 aliphatic carbocycles. The summed E-state index contributed by atoms with van der Waals surface area (Å²) in [7, 11) is 1.50. The summed E-state index contributed by atoms with van der Waals surface area (Å²) in [6, 6.07) is 0.